The van der Waals surface area contributed by atoms with E-state index in [1.54, 1.807) is 23.9 Å². The smallest absolute Gasteiger partial charge is 0.230 e. The molecular weight excluding hydrogens is 272 g/mol. The van der Waals surface area contributed by atoms with Crippen molar-refractivity contribution in [2.75, 3.05) is 25.5 Å². The molecule has 4 nitrogen and oxygen atoms in total. The van der Waals surface area contributed by atoms with Crippen molar-refractivity contribution < 1.29 is 9.53 Å². The molecule has 0 aliphatic rings. The molecule has 0 bridgehead atoms. The molecule has 0 unspecified atom stereocenters. The van der Waals surface area contributed by atoms with Crippen molar-refractivity contribution >= 4 is 17.7 Å². The molecule has 0 aliphatic heterocycles. The van der Waals surface area contributed by atoms with E-state index >= 15 is 0 Å². The Morgan fingerprint density at radius 2 is 2.15 bits per heavy atom. The van der Waals surface area contributed by atoms with Crippen molar-refractivity contribution in [3.05, 3.63) is 35.4 Å². The third kappa shape index (κ3) is 7.17. The minimum atomic E-state index is 0.0557. The van der Waals surface area contributed by atoms with Crippen molar-refractivity contribution in [1.29, 1.82) is 5.26 Å². The van der Waals surface area contributed by atoms with E-state index in [4.69, 9.17) is 10.00 Å². The van der Waals surface area contributed by atoms with Gasteiger partial charge in [-0.2, -0.15) is 5.26 Å². The molecule has 0 atom stereocenters. The Hall–Kier alpha value is -1.51. The molecule has 1 rings (SSSR count). The number of carbonyl (C=O) groups is 1. The Labute approximate surface area is 124 Å². The van der Waals surface area contributed by atoms with Crippen LogP contribution in [0.4, 0.5) is 0 Å². The second-order valence-electron chi connectivity index (χ2n) is 4.20. The van der Waals surface area contributed by atoms with Gasteiger partial charge in [-0.1, -0.05) is 12.1 Å². The Kier molecular flexibility index (Phi) is 8.52. The summed E-state index contributed by atoms with van der Waals surface area (Å²) in [5.74, 6) is 1.28. The van der Waals surface area contributed by atoms with Gasteiger partial charge < -0.3 is 10.1 Å². The van der Waals surface area contributed by atoms with Crippen LogP contribution >= 0.6 is 11.8 Å². The van der Waals surface area contributed by atoms with Crippen LogP contribution in [0.5, 0.6) is 0 Å². The monoisotopic (exact) mass is 292 g/mol. The van der Waals surface area contributed by atoms with E-state index in [2.05, 4.69) is 11.4 Å². The molecule has 0 radical (unpaired) electrons. The fraction of sp³-hybridized carbons (Fsp3) is 0.467. The second kappa shape index (κ2) is 10.3. The maximum Gasteiger partial charge on any atom is 0.230 e. The molecule has 108 valence electrons. The number of nitrogens with one attached hydrogen (secondary N) is 1. The van der Waals surface area contributed by atoms with Crippen LogP contribution < -0.4 is 5.32 Å². The highest BCUT2D eigenvalue weighted by molar-refractivity contribution is 7.99. The highest BCUT2D eigenvalue weighted by Gasteiger charge is 2.01. The first kappa shape index (κ1) is 16.5. The van der Waals surface area contributed by atoms with Crippen molar-refractivity contribution in [3.63, 3.8) is 0 Å². The number of nitriles is 1. The van der Waals surface area contributed by atoms with Gasteiger partial charge in [-0.3, -0.25) is 4.79 Å². The fourth-order valence-corrected chi connectivity index (χ4v) is 2.35. The summed E-state index contributed by atoms with van der Waals surface area (Å²) in [7, 11) is 0. The highest BCUT2D eigenvalue weighted by atomic mass is 32.2. The van der Waals surface area contributed by atoms with Gasteiger partial charge in [0.15, 0.2) is 0 Å². The zero-order valence-corrected chi connectivity index (χ0v) is 12.5. The number of ether oxygens (including phenoxy) is 1. The summed E-state index contributed by atoms with van der Waals surface area (Å²) >= 11 is 1.57. The summed E-state index contributed by atoms with van der Waals surface area (Å²) in [6.07, 6.45) is 0.847. The molecule has 5 heteroatoms. The van der Waals surface area contributed by atoms with Crippen LogP contribution in [0.2, 0.25) is 0 Å². The first-order valence-corrected chi connectivity index (χ1v) is 7.83. The molecule has 0 heterocycles. The summed E-state index contributed by atoms with van der Waals surface area (Å²) in [5.41, 5.74) is 1.78. The third-order valence-corrected chi connectivity index (χ3v) is 3.58. The van der Waals surface area contributed by atoms with Crippen molar-refractivity contribution in [1.82, 2.24) is 5.32 Å². The van der Waals surface area contributed by atoms with E-state index in [9.17, 15) is 4.79 Å². The van der Waals surface area contributed by atoms with Crippen LogP contribution in [-0.4, -0.2) is 31.4 Å². The van der Waals surface area contributed by atoms with Gasteiger partial charge in [0.2, 0.25) is 5.91 Å². The SMILES string of the molecule is CCOCCCNC(=O)CSCc1ccc(C#N)cc1. The Bertz CT molecular complexity index is 440. The Balaban J connectivity index is 2.10. The number of benzene rings is 1. The van der Waals surface area contributed by atoms with E-state index in [0.717, 1.165) is 17.7 Å². The molecule has 20 heavy (non-hydrogen) atoms. The van der Waals surface area contributed by atoms with E-state index in [0.29, 0.717) is 31.1 Å². The maximum atomic E-state index is 11.6. The molecule has 1 N–H and O–H groups in total. The van der Waals surface area contributed by atoms with Gasteiger partial charge in [0.25, 0.3) is 0 Å². The average Bonchev–Trinajstić information content (AvgIpc) is 2.48. The normalized spacial score (nSPS) is 10.0. The quantitative estimate of drug-likeness (QED) is 0.710. The third-order valence-electron chi connectivity index (χ3n) is 2.58. The van der Waals surface area contributed by atoms with Crippen LogP contribution in [0.3, 0.4) is 0 Å². The molecule has 0 saturated heterocycles. The first-order chi connectivity index (χ1) is 9.76. The van der Waals surface area contributed by atoms with Crippen LogP contribution in [0, 0.1) is 11.3 Å². The van der Waals surface area contributed by atoms with Gasteiger partial charge in [0.05, 0.1) is 17.4 Å². The lowest BCUT2D eigenvalue weighted by Gasteiger charge is -2.05. The topological polar surface area (TPSA) is 62.1 Å². The standard InChI is InChI=1S/C15H20N2O2S/c1-2-19-9-3-8-17-15(18)12-20-11-14-6-4-13(10-16)5-7-14/h4-7H,2-3,8-9,11-12H2,1H3,(H,17,18). The van der Waals surface area contributed by atoms with Crippen molar-refractivity contribution in [3.8, 4) is 6.07 Å². The number of rotatable bonds is 9. The molecule has 0 saturated carbocycles. The number of amides is 1. The number of hydrogen-bond donors (Lipinski definition) is 1. The lowest BCUT2D eigenvalue weighted by molar-refractivity contribution is -0.118. The zero-order chi connectivity index (χ0) is 14.6. The fourth-order valence-electron chi connectivity index (χ4n) is 1.53. The Morgan fingerprint density at radius 3 is 2.80 bits per heavy atom. The molecular formula is C15H20N2O2S. The minimum Gasteiger partial charge on any atom is -0.382 e. The van der Waals surface area contributed by atoms with Gasteiger partial charge in [0.1, 0.15) is 0 Å². The molecule has 1 aromatic rings. The van der Waals surface area contributed by atoms with E-state index in [-0.39, 0.29) is 5.91 Å². The molecule has 1 amide bonds. The molecule has 0 aliphatic carbocycles. The number of nitrogens with zero attached hydrogens (tertiary/aromatic N) is 1. The van der Waals surface area contributed by atoms with Crippen LogP contribution in [0.1, 0.15) is 24.5 Å². The summed E-state index contributed by atoms with van der Waals surface area (Å²) in [6, 6.07) is 9.52. The number of hydrogen-bond acceptors (Lipinski definition) is 4. The summed E-state index contributed by atoms with van der Waals surface area (Å²) in [5, 5.41) is 11.6. The highest BCUT2D eigenvalue weighted by Crippen LogP contribution is 2.12. The van der Waals surface area contributed by atoms with E-state index in [1.165, 1.54) is 0 Å². The van der Waals surface area contributed by atoms with E-state index in [1.807, 2.05) is 19.1 Å². The maximum absolute atomic E-state index is 11.6. The average molecular weight is 292 g/mol. The minimum absolute atomic E-state index is 0.0557. The van der Waals surface area contributed by atoms with E-state index < -0.39 is 0 Å². The van der Waals surface area contributed by atoms with Gasteiger partial charge >= 0.3 is 0 Å². The summed E-state index contributed by atoms with van der Waals surface area (Å²) < 4.78 is 5.19. The lowest BCUT2D eigenvalue weighted by atomic mass is 10.2. The predicted molar refractivity (Wildman–Crippen MR) is 81.4 cm³/mol. The second-order valence-corrected chi connectivity index (χ2v) is 5.19. The van der Waals surface area contributed by atoms with Gasteiger partial charge in [-0.05, 0) is 31.0 Å². The lowest BCUT2D eigenvalue weighted by Crippen LogP contribution is -2.26. The summed E-state index contributed by atoms with van der Waals surface area (Å²) in [6.45, 7) is 4.03. The molecule has 0 spiro atoms. The largest absolute Gasteiger partial charge is 0.382 e. The van der Waals surface area contributed by atoms with Crippen molar-refractivity contribution in [2.24, 2.45) is 0 Å². The molecule has 0 fully saturated rings. The van der Waals surface area contributed by atoms with Crippen molar-refractivity contribution in [2.45, 2.75) is 19.1 Å². The zero-order valence-electron chi connectivity index (χ0n) is 11.7. The predicted octanol–water partition coefficient (Wildman–Crippen LogP) is 2.33. The molecule has 1 aromatic carbocycles. The van der Waals surface area contributed by atoms with Gasteiger partial charge in [-0.15, -0.1) is 11.8 Å². The number of carbonyl (C=O) groups excluding carboxylic acids is 1. The number of thioether (sulfide) groups is 1. The van der Waals surface area contributed by atoms with Crippen LogP contribution in [0.15, 0.2) is 24.3 Å². The summed E-state index contributed by atoms with van der Waals surface area (Å²) in [4.78, 5) is 11.6. The first-order valence-electron chi connectivity index (χ1n) is 6.67. The van der Waals surface area contributed by atoms with Crippen LogP contribution in [-0.2, 0) is 15.3 Å². The van der Waals surface area contributed by atoms with Crippen LogP contribution in [0.25, 0.3) is 0 Å². The van der Waals surface area contributed by atoms with Gasteiger partial charge in [0, 0.05) is 25.5 Å². The molecule has 0 aromatic heterocycles. The Morgan fingerprint density at radius 1 is 1.40 bits per heavy atom. The van der Waals surface area contributed by atoms with Gasteiger partial charge in [-0.25, -0.2) is 0 Å².